The van der Waals surface area contributed by atoms with Crippen molar-refractivity contribution in [2.24, 2.45) is 0 Å². The second-order valence-corrected chi connectivity index (χ2v) is 3.46. The van der Waals surface area contributed by atoms with Crippen molar-refractivity contribution in [3.8, 4) is 0 Å². The Morgan fingerprint density at radius 2 is 2.33 bits per heavy atom. The maximum absolute atomic E-state index is 3.47. The van der Waals surface area contributed by atoms with Crippen molar-refractivity contribution >= 4 is 0 Å². The standard InChI is InChI=1S/C11H11N/c1-2-8-4-5-11-10(6-7-12-11)9(8)3-1/h1-5,11-12H,6-7H2. The molecule has 1 unspecified atom stereocenters. The highest BCUT2D eigenvalue weighted by Gasteiger charge is 2.25. The summed E-state index contributed by atoms with van der Waals surface area (Å²) in [6.45, 7) is 1.13. The highest BCUT2D eigenvalue weighted by atomic mass is 14.9. The molecule has 0 aromatic carbocycles. The summed E-state index contributed by atoms with van der Waals surface area (Å²) in [7, 11) is 0. The lowest BCUT2D eigenvalue weighted by atomic mass is 9.92. The molecule has 1 heterocycles. The third kappa shape index (κ3) is 0.718. The highest BCUT2D eigenvalue weighted by molar-refractivity contribution is 5.60. The van der Waals surface area contributed by atoms with E-state index in [1.165, 1.54) is 17.6 Å². The van der Waals surface area contributed by atoms with E-state index in [0.29, 0.717) is 6.04 Å². The van der Waals surface area contributed by atoms with Crippen LogP contribution in [0.25, 0.3) is 0 Å². The van der Waals surface area contributed by atoms with E-state index in [-0.39, 0.29) is 0 Å². The van der Waals surface area contributed by atoms with Gasteiger partial charge in [0.05, 0.1) is 0 Å². The quantitative estimate of drug-likeness (QED) is 0.564. The van der Waals surface area contributed by atoms with Crippen LogP contribution in [-0.2, 0) is 0 Å². The summed E-state index contributed by atoms with van der Waals surface area (Å²) in [4.78, 5) is 0. The predicted molar refractivity (Wildman–Crippen MR) is 49.8 cm³/mol. The fraction of sp³-hybridized carbons (Fsp3) is 0.273. The van der Waals surface area contributed by atoms with Gasteiger partial charge in [-0.05, 0) is 29.7 Å². The van der Waals surface area contributed by atoms with Gasteiger partial charge in [0.2, 0.25) is 0 Å². The first-order valence-corrected chi connectivity index (χ1v) is 4.48. The van der Waals surface area contributed by atoms with Gasteiger partial charge in [0.25, 0.3) is 0 Å². The minimum Gasteiger partial charge on any atom is -0.307 e. The van der Waals surface area contributed by atoms with Crippen molar-refractivity contribution in [1.82, 2.24) is 5.32 Å². The van der Waals surface area contributed by atoms with Gasteiger partial charge in [0, 0.05) is 6.04 Å². The van der Waals surface area contributed by atoms with E-state index >= 15 is 0 Å². The number of allylic oxidation sites excluding steroid dienone is 6. The van der Waals surface area contributed by atoms with Crippen LogP contribution in [0.2, 0.25) is 0 Å². The summed E-state index contributed by atoms with van der Waals surface area (Å²) >= 11 is 0. The molecule has 1 atom stereocenters. The van der Waals surface area contributed by atoms with Gasteiger partial charge in [-0.25, -0.2) is 0 Å². The Balaban J connectivity index is 2.17. The Morgan fingerprint density at radius 3 is 3.33 bits per heavy atom. The minimum absolute atomic E-state index is 0.528. The van der Waals surface area contributed by atoms with Crippen LogP contribution in [-0.4, -0.2) is 12.6 Å². The average molecular weight is 157 g/mol. The van der Waals surface area contributed by atoms with Crippen LogP contribution in [0.5, 0.6) is 0 Å². The van der Waals surface area contributed by atoms with Crippen LogP contribution < -0.4 is 5.32 Å². The number of nitrogens with one attached hydrogen (secondary N) is 1. The molecule has 0 spiro atoms. The Kier molecular flexibility index (Phi) is 1.18. The molecule has 2 aliphatic carbocycles. The number of fused-ring (bicyclic) bond motifs is 2. The molecule has 1 fully saturated rings. The van der Waals surface area contributed by atoms with Gasteiger partial charge in [0.15, 0.2) is 0 Å². The van der Waals surface area contributed by atoms with E-state index in [1.54, 1.807) is 5.57 Å². The Labute approximate surface area is 72.2 Å². The maximum Gasteiger partial charge on any atom is 0.0478 e. The molecule has 1 nitrogen and oxygen atoms in total. The Hall–Kier alpha value is -1.08. The Morgan fingerprint density at radius 1 is 1.33 bits per heavy atom. The zero-order valence-electron chi connectivity index (χ0n) is 6.88. The van der Waals surface area contributed by atoms with E-state index in [4.69, 9.17) is 0 Å². The summed E-state index contributed by atoms with van der Waals surface area (Å²) in [6.07, 6.45) is 12.3. The van der Waals surface area contributed by atoms with E-state index in [0.717, 1.165) is 6.54 Å². The lowest BCUT2D eigenvalue weighted by molar-refractivity contribution is 0.769. The summed E-state index contributed by atoms with van der Waals surface area (Å²) in [5.41, 5.74) is 4.44. The molecule has 60 valence electrons. The predicted octanol–water partition coefficient (Wildman–Crippen LogP) is 1.71. The fourth-order valence-electron chi connectivity index (χ4n) is 2.20. The first-order chi connectivity index (χ1) is 5.95. The van der Waals surface area contributed by atoms with E-state index < -0.39 is 0 Å². The lowest BCUT2D eigenvalue weighted by Crippen LogP contribution is -2.22. The van der Waals surface area contributed by atoms with E-state index in [2.05, 4.69) is 35.7 Å². The normalized spacial score (nSPS) is 30.7. The Bertz CT molecular complexity index is 342. The first kappa shape index (κ1) is 6.44. The zero-order chi connectivity index (χ0) is 7.97. The molecule has 0 saturated carbocycles. The van der Waals surface area contributed by atoms with Gasteiger partial charge in [-0.15, -0.1) is 0 Å². The zero-order valence-corrected chi connectivity index (χ0v) is 6.88. The second kappa shape index (κ2) is 2.20. The van der Waals surface area contributed by atoms with Gasteiger partial charge in [-0.3, -0.25) is 0 Å². The summed E-state index contributed by atoms with van der Waals surface area (Å²) in [6, 6.07) is 0.528. The molecule has 0 radical (unpaired) electrons. The molecule has 1 heteroatoms. The average Bonchev–Trinajstić information content (AvgIpc) is 2.71. The highest BCUT2D eigenvalue weighted by Crippen LogP contribution is 2.33. The second-order valence-electron chi connectivity index (χ2n) is 3.46. The molecule has 1 N–H and O–H groups in total. The number of hydrogen-bond acceptors (Lipinski definition) is 1. The van der Waals surface area contributed by atoms with Crippen LogP contribution in [0.3, 0.4) is 0 Å². The maximum atomic E-state index is 3.47. The summed E-state index contributed by atoms with van der Waals surface area (Å²) < 4.78 is 0. The SMILES string of the molecule is C1=CC2=C3CCNC3C=CC2=C1. The first-order valence-electron chi connectivity index (χ1n) is 4.48. The number of rotatable bonds is 0. The van der Waals surface area contributed by atoms with E-state index in [9.17, 15) is 0 Å². The van der Waals surface area contributed by atoms with Gasteiger partial charge >= 0.3 is 0 Å². The van der Waals surface area contributed by atoms with Crippen LogP contribution in [0.4, 0.5) is 0 Å². The van der Waals surface area contributed by atoms with Crippen LogP contribution in [0.1, 0.15) is 6.42 Å². The fourth-order valence-corrected chi connectivity index (χ4v) is 2.20. The lowest BCUT2D eigenvalue weighted by Gasteiger charge is -2.16. The molecule has 3 rings (SSSR count). The molecule has 1 saturated heterocycles. The topological polar surface area (TPSA) is 12.0 Å². The summed E-state index contributed by atoms with van der Waals surface area (Å²) in [5, 5.41) is 3.47. The molecular weight excluding hydrogens is 146 g/mol. The smallest absolute Gasteiger partial charge is 0.0478 e. The van der Waals surface area contributed by atoms with Crippen molar-refractivity contribution in [3.05, 3.63) is 47.1 Å². The molecule has 0 aromatic rings. The summed E-state index contributed by atoms with van der Waals surface area (Å²) in [5.74, 6) is 0. The monoisotopic (exact) mass is 157 g/mol. The number of hydrogen-bond donors (Lipinski definition) is 1. The van der Waals surface area contributed by atoms with Crippen LogP contribution >= 0.6 is 0 Å². The van der Waals surface area contributed by atoms with Crippen LogP contribution in [0, 0.1) is 0 Å². The molecule has 0 aromatic heterocycles. The largest absolute Gasteiger partial charge is 0.307 e. The van der Waals surface area contributed by atoms with Crippen LogP contribution in [0.15, 0.2) is 47.1 Å². The molecule has 1 aliphatic heterocycles. The molecule has 3 aliphatic rings. The third-order valence-electron chi connectivity index (χ3n) is 2.80. The molecular formula is C11H11N. The van der Waals surface area contributed by atoms with Crippen molar-refractivity contribution in [1.29, 1.82) is 0 Å². The van der Waals surface area contributed by atoms with Crippen molar-refractivity contribution in [3.63, 3.8) is 0 Å². The van der Waals surface area contributed by atoms with Crippen molar-refractivity contribution in [2.75, 3.05) is 6.54 Å². The molecule has 12 heavy (non-hydrogen) atoms. The third-order valence-corrected chi connectivity index (χ3v) is 2.80. The minimum atomic E-state index is 0.528. The molecule has 0 amide bonds. The van der Waals surface area contributed by atoms with Gasteiger partial charge in [-0.2, -0.15) is 0 Å². The van der Waals surface area contributed by atoms with Gasteiger partial charge < -0.3 is 5.32 Å². The van der Waals surface area contributed by atoms with Gasteiger partial charge in [-0.1, -0.05) is 30.4 Å². The van der Waals surface area contributed by atoms with Crippen molar-refractivity contribution < 1.29 is 0 Å². The van der Waals surface area contributed by atoms with E-state index in [1.807, 2.05) is 0 Å². The van der Waals surface area contributed by atoms with Crippen molar-refractivity contribution in [2.45, 2.75) is 12.5 Å². The van der Waals surface area contributed by atoms with Gasteiger partial charge in [0.1, 0.15) is 0 Å². The molecule has 0 bridgehead atoms.